The van der Waals surface area contributed by atoms with Crippen LogP contribution in [0.5, 0.6) is 5.75 Å². The molecule has 1 atom stereocenters. The van der Waals surface area contributed by atoms with E-state index in [0.717, 1.165) is 11.3 Å². The lowest BCUT2D eigenvalue weighted by atomic mass is 9.87. The maximum Gasteiger partial charge on any atom is 0.253 e. The van der Waals surface area contributed by atoms with E-state index in [9.17, 15) is 13.6 Å². The first-order chi connectivity index (χ1) is 16.4. The minimum Gasteiger partial charge on any atom is -0.491 e. The molecule has 34 heavy (non-hydrogen) atoms. The number of carbonyl (C=O) groups excluding carboxylic acids is 1. The van der Waals surface area contributed by atoms with Gasteiger partial charge in [-0.05, 0) is 55.7 Å². The Labute approximate surface area is 198 Å². The van der Waals surface area contributed by atoms with Gasteiger partial charge in [-0.15, -0.1) is 0 Å². The first-order valence-electron chi connectivity index (χ1n) is 11.6. The number of carbonyl (C=O) groups is 1. The molecule has 4 rings (SSSR count). The first-order valence-corrected chi connectivity index (χ1v) is 11.6. The Morgan fingerprint density at radius 1 is 1.29 bits per heavy atom. The van der Waals surface area contributed by atoms with Crippen molar-refractivity contribution >= 4 is 5.91 Å². The van der Waals surface area contributed by atoms with Gasteiger partial charge < -0.3 is 19.5 Å². The van der Waals surface area contributed by atoms with Crippen molar-refractivity contribution in [1.82, 2.24) is 14.8 Å². The summed E-state index contributed by atoms with van der Waals surface area (Å²) in [6, 6.07) is 10.8. The van der Waals surface area contributed by atoms with Crippen LogP contribution in [0.25, 0.3) is 0 Å². The lowest BCUT2D eigenvalue weighted by Crippen LogP contribution is -2.58. The predicted molar refractivity (Wildman–Crippen MR) is 122 cm³/mol. The largest absolute Gasteiger partial charge is 0.491 e. The van der Waals surface area contributed by atoms with Gasteiger partial charge in [-0.2, -0.15) is 0 Å². The first kappa shape index (κ1) is 24.5. The van der Waals surface area contributed by atoms with Crippen LogP contribution in [0.15, 0.2) is 42.6 Å². The van der Waals surface area contributed by atoms with Gasteiger partial charge in [0.15, 0.2) is 0 Å². The minimum absolute atomic E-state index is 0.0757. The molecule has 1 N–H and O–H groups in total. The Hall–Kier alpha value is -2.62. The summed E-state index contributed by atoms with van der Waals surface area (Å²) in [5.41, 5.74) is 1.53. The number of benzene rings is 1. The van der Waals surface area contributed by atoms with E-state index in [4.69, 9.17) is 14.6 Å². The summed E-state index contributed by atoms with van der Waals surface area (Å²) in [5, 5.41) is 8.94. The van der Waals surface area contributed by atoms with Crippen molar-refractivity contribution in [2.24, 2.45) is 0 Å². The summed E-state index contributed by atoms with van der Waals surface area (Å²) >= 11 is 0. The highest BCUT2D eigenvalue weighted by molar-refractivity contribution is 5.94. The molecule has 2 saturated heterocycles. The van der Waals surface area contributed by atoms with E-state index < -0.39 is 12.0 Å². The standard InChI is InChI=1S/C25H31F2N3O4/c1-18-14-19(5-6-21(18)33-13-12-31)24(32)30-10-7-25(8-11-30)17-29(16-23(26)27)15-22(34-25)20-4-2-3-9-28-20/h2-6,9,14,22-23,31H,7-8,10-13,15-17H2,1H3. The number of aliphatic hydroxyl groups excluding tert-OH is 1. The Kier molecular flexibility index (Phi) is 7.75. The van der Waals surface area contributed by atoms with Gasteiger partial charge in [-0.25, -0.2) is 8.78 Å². The Morgan fingerprint density at radius 2 is 2.09 bits per heavy atom. The van der Waals surface area contributed by atoms with Gasteiger partial charge in [0, 0.05) is 37.9 Å². The summed E-state index contributed by atoms with van der Waals surface area (Å²) in [6.07, 6.45) is 0.0106. The quantitative estimate of drug-likeness (QED) is 0.664. The van der Waals surface area contributed by atoms with E-state index in [1.165, 1.54) is 0 Å². The lowest BCUT2D eigenvalue weighted by Gasteiger charge is -2.49. The zero-order valence-electron chi connectivity index (χ0n) is 19.3. The van der Waals surface area contributed by atoms with Crippen LogP contribution in [0, 0.1) is 6.92 Å². The Bertz CT molecular complexity index is 968. The second-order valence-corrected chi connectivity index (χ2v) is 8.97. The zero-order chi connectivity index (χ0) is 24.1. The third-order valence-corrected chi connectivity index (χ3v) is 6.47. The summed E-state index contributed by atoms with van der Waals surface area (Å²) < 4.78 is 38.4. The molecule has 7 nitrogen and oxygen atoms in total. The highest BCUT2D eigenvalue weighted by Crippen LogP contribution is 2.38. The molecule has 184 valence electrons. The summed E-state index contributed by atoms with van der Waals surface area (Å²) in [6.45, 7) is 3.43. The second-order valence-electron chi connectivity index (χ2n) is 8.97. The number of aliphatic hydroxyl groups is 1. The number of pyridine rings is 1. The van der Waals surface area contributed by atoms with Crippen molar-refractivity contribution in [3.8, 4) is 5.75 Å². The molecule has 1 amide bonds. The SMILES string of the molecule is Cc1cc(C(=O)N2CCC3(CC2)CN(CC(F)F)CC(c2ccccn2)O3)ccc1OCCO. The maximum atomic E-state index is 13.2. The Balaban J connectivity index is 1.44. The number of morpholine rings is 1. The molecule has 2 aliphatic heterocycles. The van der Waals surface area contributed by atoms with Crippen LogP contribution in [0.4, 0.5) is 8.78 Å². The predicted octanol–water partition coefficient (Wildman–Crippen LogP) is 3.07. The van der Waals surface area contributed by atoms with Crippen molar-refractivity contribution in [2.75, 3.05) is 45.9 Å². The fourth-order valence-corrected chi connectivity index (χ4v) is 4.81. The molecule has 1 unspecified atom stereocenters. The van der Waals surface area contributed by atoms with Crippen LogP contribution in [-0.4, -0.2) is 83.8 Å². The van der Waals surface area contributed by atoms with E-state index in [2.05, 4.69) is 4.98 Å². The van der Waals surface area contributed by atoms with Crippen LogP contribution in [0.3, 0.4) is 0 Å². The number of likely N-dealkylation sites (tertiary alicyclic amines) is 1. The average Bonchev–Trinajstić information content (AvgIpc) is 2.83. The number of aryl methyl sites for hydroxylation is 1. The lowest BCUT2D eigenvalue weighted by molar-refractivity contribution is -0.181. The number of hydrogen-bond donors (Lipinski definition) is 1. The summed E-state index contributed by atoms with van der Waals surface area (Å²) in [5.74, 6) is 0.562. The Morgan fingerprint density at radius 3 is 2.74 bits per heavy atom. The molecule has 0 radical (unpaired) electrons. The third-order valence-electron chi connectivity index (χ3n) is 6.47. The number of nitrogens with zero attached hydrogens (tertiary/aromatic N) is 3. The summed E-state index contributed by atoms with van der Waals surface area (Å²) in [4.78, 5) is 21.1. The molecule has 9 heteroatoms. The minimum atomic E-state index is -2.42. The number of ether oxygens (including phenoxy) is 2. The number of piperidine rings is 1. The molecule has 1 aromatic heterocycles. The molecule has 2 aliphatic rings. The molecule has 0 aliphatic carbocycles. The van der Waals surface area contributed by atoms with Crippen molar-refractivity contribution in [2.45, 2.75) is 37.9 Å². The fourth-order valence-electron chi connectivity index (χ4n) is 4.81. The maximum absolute atomic E-state index is 13.2. The van der Waals surface area contributed by atoms with Gasteiger partial charge >= 0.3 is 0 Å². The molecule has 3 heterocycles. The van der Waals surface area contributed by atoms with E-state index >= 15 is 0 Å². The molecular weight excluding hydrogens is 444 g/mol. The number of hydrogen-bond acceptors (Lipinski definition) is 6. The van der Waals surface area contributed by atoms with Crippen molar-refractivity contribution in [3.05, 3.63) is 59.4 Å². The highest BCUT2D eigenvalue weighted by atomic mass is 19.3. The monoisotopic (exact) mass is 475 g/mol. The van der Waals surface area contributed by atoms with Crippen LogP contribution in [-0.2, 0) is 4.74 Å². The van der Waals surface area contributed by atoms with Gasteiger partial charge in [0.2, 0.25) is 0 Å². The van der Waals surface area contributed by atoms with Gasteiger partial charge in [0.1, 0.15) is 18.5 Å². The highest BCUT2D eigenvalue weighted by Gasteiger charge is 2.44. The van der Waals surface area contributed by atoms with E-state index in [0.29, 0.717) is 50.3 Å². The molecule has 2 fully saturated rings. The molecule has 1 spiro atoms. The van der Waals surface area contributed by atoms with Gasteiger partial charge in [-0.3, -0.25) is 14.7 Å². The third kappa shape index (κ3) is 5.71. The average molecular weight is 476 g/mol. The number of aromatic nitrogens is 1. The zero-order valence-corrected chi connectivity index (χ0v) is 19.3. The second kappa shape index (κ2) is 10.8. The topological polar surface area (TPSA) is 75.1 Å². The fraction of sp³-hybridized carbons (Fsp3) is 0.520. The molecule has 0 bridgehead atoms. The van der Waals surface area contributed by atoms with Crippen LogP contribution in [0.1, 0.15) is 40.6 Å². The van der Waals surface area contributed by atoms with Crippen molar-refractivity contribution in [3.63, 3.8) is 0 Å². The summed E-state index contributed by atoms with van der Waals surface area (Å²) in [7, 11) is 0. The van der Waals surface area contributed by atoms with E-state index in [1.807, 2.05) is 25.1 Å². The van der Waals surface area contributed by atoms with E-state index in [-0.39, 0.29) is 31.8 Å². The molecule has 1 aromatic carbocycles. The van der Waals surface area contributed by atoms with Crippen molar-refractivity contribution < 1.29 is 28.2 Å². The molecular formula is C25H31F2N3O4. The number of alkyl halides is 2. The normalized spacial score (nSPS) is 20.6. The molecule has 0 saturated carbocycles. The molecule has 2 aromatic rings. The van der Waals surface area contributed by atoms with Gasteiger partial charge in [0.25, 0.3) is 12.3 Å². The number of rotatable bonds is 7. The number of halogens is 2. The van der Waals surface area contributed by atoms with Gasteiger partial charge in [0.05, 0.1) is 24.4 Å². The van der Waals surface area contributed by atoms with Gasteiger partial charge in [-0.1, -0.05) is 6.07 Å². The van der Waals surface area contributed by atoms with Crippen LogP contribution >= 0.6 is 0 Å². The number of amides is 1. The smallest absolute Gasteiger partial charge is 0.253 e. The van der Waals surface area contributed by atoms with Crippen molar-refractivity contribution in [1.29, 1.82) is 0 Å². The van der Waals surface area contributed by atoms with E-state index in [1.54, 1.807) is 34.2 Å². The van der Waals surface area contributed by atoms with Crippen LogP contribution in [0.2, 0.25) is 0 Å². The van der Waals surface area contributed by atoms with Crippen LogP contribution < -0.4 is 4.74 Å².